The summed E-state index contributed by atoms with van der Waals surface area (Å²) in [6.45, 7) is 1.84. The van der Waals surface area contributed by atoms with Gasteiger partial charge in [-0.05, 0) is 0 Å². The molecule has 0 aromatic carbocycles. The van der Waals surface area contributed by atoms with E-state index in [2.05, 4.69) is 10.3 Å². The highest BCUT2D eigenvalue weighted by atomic mass is 32.2. The monoisotopic (exact) mass is 261 g/mol. The van der Waals surface area contributed by atoms with Crippen LogP contribution in [0.1, 0.15) is 19.0 Å². The highest BCUT2D eigenvalue weighted by molar-refractivity contribution is 7.91. The number of aromatic nitrogens is 3. The number of rotatable bonds is 7. The Bertz CT molecular complexity index is 480. The van der Waals surface area contributed by atoms with Gasteiger partial charge in [-0.3, -0.25) is 9.48 Å². The molecule has 0 unspecified atom stereocenters. The summed E-state index contributed by atoms with van der Waals surface area (Å²) in [5.41, 5.74) is 0.557. The molecule has 0 aliphatic heterocycles. The van der Waals surface area contributed by atoms with Crippen molar-refractivity contribution in [1.82, 2.24) is 15.0 Å². The Morgan fingerprint density at radius 3 is 2.82 bits per heavy atom. The largest absolute Gasteiger partial charge is 0.481 e. The van der Waals surface area contributed by atoms with Gasteiger partial charge in [-0.2, -0.15) is 0 Å². The summed E-state index contributed by atoms with van der Waals surface area (Å²) in [5.74, 6) is -0.771. The van der Waals surface area contributed by atoms with Gasteiger partial charge in [0.25, 0.3) is 0 Å². The van der Waals surface area contributed by atoms with Crippen molar-refractivity contribution in [1.29, 1.82) is 0 Å². The minimum absolute atomic E-state index is 0.00798. The quantitative estimate of drug-likeness (QED) is 0.725. The van der Waals surface area contributed by atoms with E-state index < -0.39 is 15.8 Å². The second kappa shape index (κ2) is 5.76. The van der Waals surface area contributed by atoms with Crippen LogP contribution in [0.25, 0.3) is 0 Å². The second-order valence-corrected chi connectivity index (χ2v) is 6.08. The number of carbonyl (C=O) groups is 1. The fraction of sp³-hybridized carbons (Fsp3) is 0.667. The number of carboxylic acids is 1. The lowest BCUT2D eigenvalue weighted by Gasteiger charge is -2.00. The van der Waals surface area contributed by atoms with Crippen molar-refractivity contribution in [2.75, 3.05) is 11.5 Å². The maximum absolute atomic E-state index is 11.3. The van der Waals surface area contributed by atoms with Gasteiger partial charge in [-0.15, -0.1) is 5.10 Å². The van der Waals surface area contributed by atoms with Gasteiger partial charge in [0.15, 0.2) is 9.84 Å². The number of carboxylic acid groups (broad SMARTS) is 1. The molecule has 1 heterocycles. The first kappa shape index (κ1) is 13.6. The zero-order chi connectivity index (χ0) is 12.9. The molecule has 0 amide bonds. The van der Waals surface area contributed by atoms with Crippen molar-refractivity contribution in [2.45, 2.75) is 26.3 Å². The Labute approximate surface area is 99.4 Å². The summed E-state index contributed by atoms with van der Waals surface area (Å²) < 4.78 is 23.9. The molecule has 7 nitrogen and oxygen atoms in total. The molecular weight excluding hydrogens is 246 g/mol. The van der Waals surface area contributed by atoms with Crippen LogP contribution < -0.4 is 0 Å². The lowest BCUT2D eigenvalue weighted by atomic mass is 10.2. The Kier molecular flexibility index (Phi) is 4.62. The minimum atomic E-state index is -3.02. The molecule has 0 bridgehead atoms. The predicted molar refractivity (Wildman–Crippen MR) is 60.3 cm³/mol. The summed E-state index contributed by atoms with van der Waals surface area (Å²) in [4.78, 5) is 10.3. The summed E-state index contributed by atoms with van der Waals surface area (Å²) >= 11 is 0. The summed E-state index contributed by atoms with van der Waals surface area (Å²) in [7, 11) is -3.02. The van der Waals surface area contributed by atoms with E-state index in [4.69, 9.17) is 5.11 Å². The molecule has 0 aliphatic rings. The standard InChI is InChI=1S/C9H15N3O4S/c1-2-17(15,16)6-5-12-7-8(10-11-12)3-4-9(13)14/h7H,2-6H2,1H3,(H,13,14). The fourth-order valence-electron chi connectivity index (χ4n) is 1.17. The van der Waals surface area contributed by atoms with Crippen molar-refractivity contribution in [2.24, 2.45) is 0 Å². The van der Waals surface area contributed by atoms with Crippen LogP contribution in [-0.2, 0) is 27.6 Å². The summed E-state index contributed by atoms with van der Waals surface area (Å²) in [6.07, 6.45) is 1.87. The van der Waals surface area contributed by atoms with Gasteiger partial charge < -0.3 is 5.11 Å². The smallest absolute Gasteiger partial charge is 0.303 e. The average Bonchev–Trinajstić information content (AvgIpc) is 2.72. The van der Waals surface area contributed by atoms with Crippen LogP contribution >= 0.6 is 0 Å². The molecule has 0 aliphatic carbocycles. The van der Waals surface area contributed by atoms with Crippen LogP contribution in [0.3, 0.4) is 0 Å². The normalized spacial score (nSPS) is 11.6. The minimum Gasteiger partial charge on any atom is -0.481 e. The zero-order valence-corrected chi connectivity index (χ0v) is 10.4. The SMILES string of the molecule is CCS(=O)(=O)CCn1cc(CCC(=O)O)nn1. The number of hydrogen-bond acceptors (Lipinski definition) is 5. The molecule has 1 rings (SSSR count). The van der Waals surface area contributed by atoms with E-state index in [1.807, 2.05) is 0 Å². The third-order valence-electron chi connectivity index (χ3n) is 2.25. The molecule has 17 heavy (non-hydrogen) atoms. The maximum atomic E-state index is 11.3. The van der Waals surface area contributed by atoms with Crippen molar-refractivity contribution in [3.05, 3.63) is 11.9 Å². The van der Waals surface area contributed by atoms with E-state index >= 15 is 0 Å². The van der Waals surface area contributed by atoms with Crippen LogP contribution in [0.2, 0.25) is 0 Å². The molecule has 0 spiro atoms. The third-order valence-corrected chi connectivity index (χ3v) is 3.94. The lowest BCUT2D eigenvalue weighted by Crippen LogP contribution is -2.14. The molecule has 0 saturated heterocycles. The van der Waals surface area contributed by atoms with E-state index in [-0.39, 0.29) is 24.5 Å². The molecule has 8 heteroatoms. The highest BCUT2D eigenvalue weighted by Crippen LogP contribution is 1.99. The number of sulfone groups is 1. The van der Waals surface area contributed by atoms with E-state index in [0.717, 1.165) is 0 Å². The Balaban J connectivity index is 2.49. The first-order chi connectivity index (χ1) is 7.93. The third kappa shape index (κ3) is 4.94. The summed E-state index contributed by atoms with van der Waals surface area (Å²) in [5, 5.41) is 16.0. The van der Waals surface area contributed by atoms with Crippen LogP contribution in [0, 0.1) is 0 Å². The molecule has 1 N–H and O–H groups in total. The average molecular weight is 261 g/mol. The Morgan fingerprint density at radius 2 is 2.24 bits per heavy atom. The van der Waals surface area contributed by atoms with E-state index in [1.165, 1.54) is 4.68 Å². The molecule has 0 saturated carbocycles. The number of aryl methyl sites for hydroxylation is 2. The lowest BCUT2D eigenvalue weighted by molar-refractivity contribution is -0.136. The highest BCUT2D eigenvalue weighted by Gasteiger charge is 2.09. The van der Waals surface area contributed by atoms with Gasteiger partial charge in [-0.25, -0.2) is 8.42 Å². The van der Waals surface area contributed by atoms with Gasteiger partial charge in [-0.1, -0.05) is 12.1 Å². The number of aliphatic carboxylic acids is 1. The van der Waals surface area contributed by atoms with Crippen LogP contribution in [0.5, 0.6) is 0 Å². The van der Waals surface area contributed by atoms with Crippen molar-refractivity contribution >= 4 is 15.8 Å². The number of hydrogen-bond donors (Lipinski definition) is 1. The molecule has 0 fully saturated rings. The van der Waals surface area contributed by atoms with Gasteiger partial charge in [0.1, 0.15) is 0 Å². The summed E-state index contributed by atoms with van der Waals surface area (Å²) in [6, 6.07) is 0. The Hall–Kier alpha value is -1.44. The van der Waals surface area contributed by atoms with Gasteiger partial charge in [0, 0.05) is 18.4 Å². The fourth-order valence-corrected chi connectivity index (χ4v) is 1.93. The molecule has 0 atom stereocenters. The van der Waals surface area contributed by atoms with Gasteiger partial charge in [0.05, 0.1) is 24.4 Å². The topological polar surface area (TPSA) is 102 Å². The van der Waals surface area contributed by atoms with E-state index in [1.54, 1.807) is 13.1 Å². The van der Waals surface area contributed by atoms with E-state index in [9.17, 15) is 13.2 Å². The van der Waals surface area contributed by atoms with Gasteiger partial charge in [0.2, 0.25) is 0 Å². The molecule has 1 aromatic rings. The molecule has 96 valence electrons. The molecular formula is C9H15N3O4S. The van der Waals surface area contributed by atoms with Crippen LogP contribution in [0.15, 0.2) is 6.20 Å². The van der Waals surface area contributed by atoms with Crippen molar-refractivity contribution in [3.8, 4) is 0 Å². The molecule has 0 radical (unpaired) electrons. The van der Waals surface area contributed by atoms with E-state index in [0.29, 0.717) is 12.1 Å². The number of nitrogens with zero attached hydrogens (tertiary/aromatic N) is 3. The first-order valence-electron chi connectivity index (χ1n) is 5.24. The second-order valence-electron chi connectivity index (χ2n) is 3.60. The predicted octanol–water partition coefficient (Wildman–Crippen LogP) is -0.270. The van der Waals surface area contributed by atoms with Crippen molar-refractivity contribution < 1.29 is 18.3 Å². The zero-order valence-electron chi connectivity index (χ0n) is 9.53. The maximum Gasteiger partial charge on any atom is 0.303 e. The van der Waals surface area contributed by atoms with Gasteiger partial charge >= 0.3 is 5.97 Å². The first-order valence-corrected chi connectivity index (χ1v) is 7.06. The van der Waals surface area contributed by atoms with Crippen LogP contribution in [-0.4, -0.2) is 46.0 Å². The Morgan fingerprint density at radius 1 is 1.53 bits per heavy atom. The van der Waals surface area contributed by atoms with Crippen LogP contribution in [0.4, 0.5) is 0 Å². The van der Waals surface area contributed by atoms with Crippen molar-refractivity contribution in [3.63, 3.8) is 0 Å². The molecule has 1 aromatic heterocycles.